The normalized spacial score (nSPS) is 10.3. The number of carbonyl (C=O) groups excluding carboxylic acids is 1. The summed E-state index contributed by atoms with van der Waals surface area (Å²) < 4.78 is 0. The highest BCUT2D eigenvalue weighted by atomic mass is 16.1. The Balaban J connectivity index is 1.65. The Morgan fingerprint density at radius 3 is 2.26 bits per heavy atom. The Kier molecular flexibility index (Phi) is 4.48. The van der Waals surface area contributed by atoms with Crippen LogP contribution < -0.4 is 5.32 Å². The predicted molar refractivity (Wildman–Crippen MR) is 92.6 cm³/mol. The van der Waals surface area contributed by atoms with Crippen LogP contribution in [0.15, 0.2) is 72.9 Å². The van der Waals surface area contributed by atoms with E-state index < -0.39 is 0 Å². The van der Waals surface area contributed by atoms with Crippen molar-refractivity contribution in [3.63, 3.8) is 0 Å². The third-order valence-corrected chi connectivity index (χ3v) is 3.64. The van der Waals surface area contributed by atoms with Crippen molar-refractivity contribution in [1.29, 1.82) is 0 Å². The highest BCUT2D eigenvalue weighted by molar-refractivity contribution is 6.04. The van der Waals surface area contributed by atoms with Gasteiger partial charge in [-0.25, -0.2) is 0 Å². The zero-order valence-electron chi connectivity index (χ0n) is 13.0. The molecular formula is C20H18N2O. The average Bonchev–Trinajstić information content (AvgIpc) is 2.58. The first-order valence-corrected chi connectivity index (χ1v) is 7.57. The molecule has 1 N–H and O–H groups in total. The first-order chi connectivity index (χ1) is 11.2. The zero-order valence-corrected chi connectivity index (χ0v) is 13.0. The third kappa shape index (κ3) is 4.04. The molecule has 0 atom stereocenters. The van der Waals surface area contributed by atoms with Gasteiger partial charge in [0.2, 0.25) is 0 Å². The minimum atomic E-state index is -0.145. The summed E-state index contributed by atoms with van der Waals surface area (Å²) in [6, 6.07) is 21.9. The molecule has 114 valence electrons. The zero-order chi connectivity index (χ0) is 16.1. The van der Waals surface area contributed by atoms with Crippen LogP contribution in [-0.4, -0.2) is 10.9 Å². The quantitative estimate of drug-likeness (QED) is 0.783. The van der Waals surface area contributed by atoms with E-state index in [4.69, 9.17) is 0 Å². The minimum absolute atomic E-state index is 0.145. The van der Waals surface area contributed by atoms with E-state index in [0.717, 1.165) is 17.8 Å². The number of pyridine rings is 1. The van der Waals surface area contributed by atoms with Crippen LogP contribution in [0.1, 0.15) is 27.2 Å². The van der Waals surface area contributed by atoms with E-state index in [0.29, 0.717) is 5.56 Å². The molecule has 3 aromatic rings. The van der Waals surface area contributed by atoms with Crippen LogP contribution >= 0.6 is 0 Å². The molecule has 0 saturated carbocycles. The Morgan fingerprint density at radius 1 is 0.913 bits per heavy atom. The van der Waals surface area contributed by atoms with Crippen molar-refractivity contribution in [2.45, 2.75) is 13.3 Å². The molecule has 3 nitrogen and oxygen atoms in total. The molecule has 3 heteroatoms. The van der Waals surface area contributed by atoms with Gasteiger partial charge < -0.3 is 5.32 Å². The second-order valence-corrected chi connectivity index (χ2v) is 5.50. The van der Waals surface area contributed by atoms with E-state index in [1.165, 1.54) is 11.1 Å². The van der Waals surface area contributed by atoms with Gasteiger partial charge in [0.15, 0.2) is 0 Å². The molecule has 0 bridgehead atoms. The van der Waals surface area contributed by atoms with Crippen LogP contribution in [0.2, 0.25) is 0 Å². The fourth-order valence-electron chi connectivity index (χ4n) is 2.34. The summed E-state index contributed by atoms with van der Waals surface area (Å²) in [4.78, 5) is 16.3. The molecule has 1 aromatic heterocycles. The van der Waals surface area contributed by atoms with E-state index in [1.807, 2.05) is 55.5 Å². The van der Waals surface area contributed by atoms with Gasteiger partial charge in [0.1, 0.15) is 0 Å². The lowest BCUT2D eigenvalue weighted by Crippen LogP contribution is -2.12. The summed E-state index contributed by atoms with van der Waals surface area (Å²) in [6.45, 7) is 1.90. The second-order valence-electron chi connectivity index (χ2n) is 5.50. The molecule has 0 aliphatic heterocycles. The van der Waals surface area contributed by atoms with Crippen molar-refractivity contribution in [2.75, 3.05) is 5.32 Å². The third-order valence-electron chi connectivity index (χ3n) is 3.64. The first-order valence-electron chi connectivity index (χ1n) is 7.57. The maximum atomic E-state index is 12.2. The van der Waals surface area contributed by atoms with Gasteiger partial charge in [-0.1, -0.05) is 42.5 Å². The molecule has 0 unspecified atom stereocenters. The number of hydrogen-bond donors (Lipinski definition) is 1. The van der Waals surface area contributed by atoms with Gasteiger partial charge in [-0.3, -0.25) is 9.78 Å². The van der Waals surface area contributed by atoms with Gasteiger partial charge in [0, 0.05) is 17.6 Å². The van der Waals surface area contributed by atoms with Crippen LogP contribution in [0.5, 0.6) is 0 Å². The molecule has 0 fully saturated rings. The number of rotatable bonds is 4. The van der Waals surface area contributed by atoms with Crippen LogP contribution in [0.4, 0.5) is 5.69 Å². The standard InChI is InChI=1S/C20H18N2O/c1-15-7-10-18(14-21-15)20(23)22-19-11-8-17(9-12-19)13-16-5-3-2-4-6-16/h2-12,14H,13H2,1H3,(H,22,23). The summed E-state index contributed by atoms with van der Waals surface area (Å²) in [5.74, 6) is -0.145. The van der Waals surface area contributed by atoms with Gasteiger partial charge >= 0.3 is 0 Å². The fourth-order valence-corrected chi connectivity index (χ4v) is 2.34. The van der Waals surface area contributed by atoms with Crippen molar-refractivity contribution in [1.82, 2.24) is 4.98 Å². The van der Waals surface area contributed by atoms with Crippen LogP contribution in [0, 0.1) is 6.92 Å². The number of amides is 1. The minimum Gasteiger partial charge on any atom is -0.322 e. The van der Waals surface area contributed by atoms with Gasteiger partial charge in [-0.05, 0) is 48.7 Å². The SMILES string of the molecule is Cc1ccc(C(=O)Nc2ccc(Cc3ccccc3)cc2)cn1. The number of anilines is 1. The number of aryl methyl sites for hydroxylation is 1. The monoisotopic (exact) mass is 302 g/mol. The van der Waals surface area contributed by atoms with E-state index in [9.17, 15) is 4.79 Å². The Hall–Kier alpha value is -2.94. The van der Waals surface area contributed by atoms with E-state index in [1.54, 1.807) is 12.3 Å². The largest absolute Gasteiger partial charge is 0.322 e. The first kappa shape index (κ1) is 15.0. The number of carbonyl (C=O) groups is 1. The Bertz CT molecular complexity index is 778. The van der Waals surface area contributed by atoms with Crippen LogP contribution in [0.25, 0.3) is 0 Å². The Morgan fingerprint density at radius 2 is 1.61 bits per heavy atom. The molecule has 0 aliphatic carbocycles. The summed E-state index contributed by atoms with van der Waals surface area (Å²) in [5, 5.41) is 2.89. The molecule has 3 rings (SSSR count). The molecular weight excluding hydrogens is 284 g/mol. The molecule has 1 amide bonds. The molecule has 0 saturated heterocycles. The van der Waals surface area contributed by atoms with Crippen molar-refractivity contribution in [3.8, 4) is 0 Å². The van der Waals surface area contributed by atoms with Crippen molar-refractivity contribution in [3.05, 3.63) is 95.3 Å². The van der Waals surface area contributed by atoms with Gasteiger partial charge in [-0.15, -0.1) is 0 Å². The predicted octanol–water partition coefficient (Wildman–Crippen LogP) is 4.23. The van der Waals surface area contributed by atoms with Crippen molar-refractivity contribution < 1.29 is 4.79 Å². The van der Waals surface area contributed by atoms with Gasteiger partial charge in [-0.2, -0.15) is 0 Å². The number of nitrogens with one attached hydrogen (secondary N) is 1. The average molecular weight is 302 g/mol. The molecule has 2 aromatic carbocycles. The lowest BCUT2D eigenvalue weighted by atomic mass is 10.0. The van der Waals surface area contributed by atoms with Gasteiger partial charge in [0.05, 0.1) is 5.56 Å². The van der Waals surface area contributed by atoms with Crippen LogP contribution in [-0.2, 0) is 6.42 Å². The molecule has 0 radical (unpaired) electrons. The Labute approximate surface area is 136 Å². The van der Waals surface area contributed by atoms with Crippen LogP contribution in [0.3, 0.4) is 0 Å². The highest BCUT2D eigenvalue weighted by Gasteiger charge is 2.06. The van der Waals surface area contributed by atoms with E-state index in [-0.39, 0.29) is 5.91 Å². The van der Waals surface area contributed by atoms with E-state index in [2.05, 4.69) is 22.4 Å². The lowest BCUT2D eigenvalue weighted by Gasteiger charge is -2.07. The maximum absolute atomic E-state index is 12.2. The summed E-state index contributed by atoms with van der Waals surface area (Å²) in [7, 11) is 0. The lowest BCUT2D eigenvalue weighted by molar-refractivity contribution is 0.102. The smallest absolute Gasteiger partial charge is 0.257 e. The maximum Gasteiger partial charge on any atom is 0.257 e. The molecule has 0 aliphatic rings. The second kappa shape index (κ2) is 6.88. The summed E-state index contributed by atoms with van der Waals surface area (Å²) in [6.07, 6.45) is 2.48. The van der Waals surface area contributed by atoms with Gasteiger partial charge in [0.25, 0.3) is 5.91 Å². The molecule has 23 heavy (non-hydrogen) atoms. The highest BCUT2D eigenvalue weighted by Crippen LogP contribution is 2.14. The number of aromatic nitrogens is 1. The number of hydrogen-bond acceptors (Lipinski definition) is 2. The van der Waals surface area contributed by atoms with E-state index >= 15 is 0 Å². The fraction of sp³-hybridized carbons (Fsp3) is 0.100. The van der Waals surface area contributed by atoms with Crippen molar-refractivity contribution >= 4 is 11.6 Å². The molecule has 1 heterocycles. The molecule has 0 spiro atoms. The number of benzene rings is 2. The summed E-state index contributed by atoms with van der Waals surface area (Å²) in [5.41, 5.74) is 4.73. The van der Waals surface area contributed by atoms with Crippen molar-refractivity contribution in [2.24, 2.45) is 0 Å². The topological polar surface area (TPSA) is 42.0 Å². The summed E-state index contributed by atoms with van der Waals surface area (Å²) >= 11 is 0. The number of nitrogens with zero attached hydrogens (tertiary/aromatic N) is 1.